The van der Waals surface area contributed by atoms with Crippen molar-refractivity contribution in [2.24, 2.45) is 0 Å². The number of halogens is 1. The average Bonchev–Trinajstić information content (AvgIpc) is 2.38. The van der Waals surface area contributed by atoms with Gasteiger partial charge in [0.05, 0.1) is 6.61 Å². The lowest BCUT2D eigenvalue weighted by Gasteiger charge is -2.26. The summed E-state index contributed by atoms with van der Waals surface area (Å²) in [6, 6.07) is 8.30. The highest BCUT2D eigenvalue weighted by Gasteiger charge is 2.08. The first kappa shape index (κ1) is 15.3. The third-order valence-corrected chi connectivity index (χ3v) is 3.36. The summed E-state index contributed by atoms with van der Waals surface area (Å²) in [6.07, 6.45) is 5.29. The van der Waals surface area contributed by atoms with Crippen LogP contribution in [0.25, 0.3) is 0 Å². The Morgan fingerprint density at radius 1 is 1.06 bits per heavy atom. The van der Waals surface area contributed by atoms with Gasteiger partial charge >= 0.3 is 0 Å². The standard InChI is InChI=1S/C15H23NO.ClH/c1-14-6-8-15(9-7-14)17-13-5-12-16-10-3-2-4-11-16;/h6-9H,2-5,10-13H2,1H3;1H. The minimum atomic E-state index is 0. The van der Waals surface area contributed by atoms with Crippen molar-refractivity contribution >= 4 is 12.4 Å². The van der Waals surface area contributed by atoms with Crippen LogP contribution in [0, 0.1) is 6.92 Å². The molecule has 1 aliphatic heterocycles. The van der Waals surface area contributed by atoms with Gasteiger partial charge in [0.1, 0.15) is 5.75 Å². The molecule has 0 N–H and O–H groups in total. The minimum Gasteiger partial charge on any atom is -0.494 e. The van der Waals surface area contributed by atoms with E-state index in [0.717, 1.165) is 18.8 Å². The van der Waals surface area contributed by atoms with E-state index in [1.54, 1.807) is 0 Å². The Balaban J connectivity index is 0.00000162. The van der Waals surface area contributed by atoms with Crippen LogP contribution in [0.1, 0.15) is 31.2 Å². The number of piperidine rings is 1. The largest absolute Gasteiger partial charge is 0.494 e. The molecule has 1 aliphatic rings. The number of nitrogens with zero attached hydrogens (tertiary/aromatic N) is 1. The van der Waals surface area contributed by atoms with Crippen molar-refractivity contribution in [2.75, 3.05) is 26.2 Å². The van der Waals surface area contributed by atoms with Gasteiger partial charge in [-0.05, 0) is 51.4 Å². The smallest absolute Gasteiger partial charge is 0.119 e. The summed E-state index contributed by atoms with van der Waals surface area (Å²) >= 11 is 0. The molecular formula is C15H24ClNO. The van der Waals surface area contributed by atoms with Crippen molar-refractivity contribution in [3.05, 3.63) is 29.8 Å². The molecule has 0 amide bonds. The molecule has 18 heavy (non-hydrogen) atoms. The van der Waals surface area contributed by atoms with Crippen molar-refractivity contribution < 1.29 is 4.74 Å². The molecule has 1 aromatic carbocycles. The van der Waals surface area contributed by atoms with E-state index in [1.165, 1.54) is 44.5 Å². The van der Waals surface area contributed by atoms with Crippen LogP contribution in [0.2, 0.25) is 0 Å². The van der Waals surface area contributed by atoms with Gasteiger partial charge in [-0.15, -0.1) is 12.4 Å². The van der Waals surface area contributed by atoms with E-state index < -0.39 is 0 Å². The van der Waals surface area contributed by atoms with Gasteiger partial charge in [0.15, 0.2) is 0 Å². The fraction of sp³-hybridized carbons (Fsp3) is 0.600. The maximum absolute atomic E-state index is 5.73. The second-order valence-corrected chi connectivity index (χ2v) is 4.92. The van der Waals surface area contributed by atoms with Crippen molar-refractivity contribution in [3.8, 4) is 5.75 Å². The molecule has 0 spiro atoms. The minimum absolute atomic E-state index is 0. The zero-order valence-electron chi connectivity index (χ0n) is 11.2. The summed E-state index contributed by atoms with van der Waals surface area (Å²) in [5.74, 6) is 0.995. The first-order valence-electron chi connectivity index (χ1n) is 6.76. The molecule has 0 unspecified atom stereocenters. The lowest BCUT2D eigenvalue weighted by atomic mass is 10.1. The molecule has 3 heteroatoms. The third kappa shape index (κ3) is 5.28. The van der Waals surface area contributed by atoms with Gasteiger partial charge in [0.25, 0.3) is 0 Å². The number of likely N-dealkylation sites (tertiary alicyclic amines) is 1. The van der Waals surface area contributed by atoms with E-state index in [2.05, 4.69) is 36.1 Å². The van der Waals surface area contributed by atoms with Gasteiger partial charge in [-0.3, -0.25) is 0 Å². The first-order valence-corrected chi connectivity index (χ1v) is 6.76. The van der Waals surface area contributed by atoms with Crippen molar-refractivity contribution in [2.45, 2.75) is 32.6 Å². The van der Waals surface area contributed by atoms with Gasteiger partial charge < -0.3 is 9.64 Å². The fourth-order valence-corrected chi connectivity index (χ4v) is 2.30. The third-order valence-electron chi connectivity index (χ3n) is 3.36. The molecule has 1 aromatic rings. The van der Waals surface area contributed by atoms with Crippen molar-refractivity contribution in [1.82, 2.24) is 4.90 Å². The first-order chi connectivity index (χ1) is 8.34. The van der Waals surface area contributed by atoms with Gasteiger partial charge in [-0.1, -0.05) is 24.1 Å². The summed E-state index contributed by atoms with van der Waals surface area (Å²) in [5.41, 5.74) is 1.28. The molecule has 2 rings (SSSR count). The zero-order valence-corrected chi connectivity index (χ0v) is 12.0. The van der Waals surface area contributed by atoms with E-state index >= 15 is 0 Å². The second-order valence-electron chi connectivity index (χ2n) is 4.92. The Labute approximate surface area is 117 Å². The predicted molar refractivity (Wildman–Crippen MR) is 78.8 cm³/mol. The molecule has 2 nitrogen and oxygen atoms in total. The predicted octanol–water partition coefficient (Wildman–Crippen LogP) is 3.67. The lowest BCUT2D eigenvalue weighted by Crippen LogP contribution is -2.31. The number of ether oxygens (including phenoxy) is 1. The summed E-state index contributed by atoms with van der Waals surface area (Å²) in [6.45, 7) is 6.68. The fourth-order valence-electron chi connectivity index (χ4n) is 2.30. The molecule has 0 radical (unpaired) electrons. The Hall–Kier alpha value is -0.730. The van der Waals surface area contributed by atoms with Crippen LogP contribution in [0.3, 0.4) is 0 Å². The molecule has 1 fully saturated rings. The maximum atomic E-state index is 5.73. The molecule has 0 saturated carbocycles. The molecule has 1 heterocycles. The highest BCUT2D eigenvalue weighted by Crippen LogP contribution is 2.12. The Kier molecular flexibility index (Phi) is 7.14. The van der Waals surface area contributed by atoms with Crippen molar-refractivity contribution in [1.29, 1.82) is 0 Å². The number of hydrogen-bond donors (Lipinski definition) is 0. The molecule has 102 valence electrons. The number of aryl methyl sites for hydroxylation is 1. The SMILES string of the molecule is Cc1ccc(OCCCN2CCCCC2)cc1.Cl. The van der Waals surface area contributed by atoms with E-state index in [1.807, 2.05) is 0 Å². The Morgan fingerprint density at radius 2 is 1.72 bits per heavy atom. The topological polar surface area (TPSA) is 12.5 Å². The van der Waals surface area contributed by atoms with Crippen LogP contribution in [-0.4, -0.2) is 31.1 Å². The quantitative estimate of drug-likeness (QED) is 0.757. The summed E-state index contributed by atoms with van der Waals surface area (Å²) in [7, 11) is 0. The average molecular weight is 270 g/mol. The molecule has 0 aromatic heterocycles. The van der Waals surface area contributed by atoms with E-state index in [4.69, 9.17) is 4.74 Å². The van der Waals surface area contributed by atoms with Crippen LogP contribution in [0.4, 0.5) is 0 Å². The van der Waals surface area contributed by atoms with Gasteiger partial charge in [-0.25, -0.2) is 0 Å². The van der Waals surface area contributed by atoms with Gasteiger partial charge in [-0.2, -0.15) is 0 Å². The van der Waals surface area contributed by atoms with Crippen LogP contribution in [0.5, 0.6) is 5.75 Å². The van der Waals surface area contributed by atoms with Gasteiger partial charge in [0, 0.05) is 6.54 Å². The van der Waals surface area contributed by atoms with Gasteiger partial charge in [0.2, 0.25) is 0 Å². The van der Waals surface area contributed by atoms with Crippen LogP contribution < -0.4 is 4.74 Å². The van der Waals surface area contributed by atoms with E-state index in [-0.39, 0.29) is 12.4 Å². The highest BCUT2D eigenvalue weighted by atomic mass is 35.5. The van der Waals surface area contributed by atoms with Crippen LogP contribution in [0.15, 0.2) is 24.3 Å². The maximum Gasteiger partial charge on any atom is 0.119 e. The van der Waals surface area contributed by atoms with E-state index in [9.17, 15) is 0 Å². The highest BCUT2D eigenvalue weighted by molar-refractivity contribution is 5.85. The Bertz CT molecular complexity index is 320. The summed E-state index contributed by atoms with van der Waals surface area (Å²) < 4.78 is 5.73. The van der Waals surface area contributed by atoms with Crippen molar-refractivity contribution in [3.63, 3.8) is 0 Å². The van der Waals surface area contributed by atoms with Crippen LogP contribution >= 0.6 is 12.4 Å². The lowest BCUT2D eigenvalue weighted by molar-refractivity contribution is 0.205. The molecule has 0 bridgehead atoms. The normalized spacial score (nSPS) is 16.1. The van der Waals surface area contributed by atoms with E-state index in [0.29, 0.717) is 0 Å². The number of hydrogen-bond acceptors (Lipinski definition) is 2. The monoisotopic (exact) mass is 269 g/mol. The number of benzene rings is 1. The second kappa shape index (κ2) is 8.39. The zero-order chi connectivity index (χ0) is 11.9. The summed E-state index contributed by atoms with van der Waals surface area (Å²) in [5, 5.41) is 0. The summed E-state index contributed by atoms with van der Waals surface area (Å²) in [4.78, 5) is 2.56. The van der Waals surface area contributed by atoms with Crippen LogP contribution in [-0.2, 0) is 0 Å². The molecule has 0 aliphatic carbocycles. The Morgan fingerprint density at radius 3 is 2.39 bits per heavy atom. The molecular weight excluding hydrogens is 246 g/mol. The molecule has 0 atom stereocenters. The molecule has 1 saturated heterocycles. The number of rotatable bonds is 5.